The van der Waals surface area contributed by atoms with E-state index in [1.807, 2.05) is 32.4 Å². The Balaban J connectivity index is 1.75. The summed E-state index contributed by atoms with van der Waals surface area (Å²) >= 11 is 5.03. The van der Waals surface area contributed by atoms with Crippen LogP contribution in [0.1, 0.15) is 71.7 Å². The van der Waals surface area contributed by atoms with Gasteiger partial charge in [-0.25, -0.2) is 4.79 Å². The Labute approximate surface area is 184 Å². The summed E-state index contributed by atoms with van der Waals surface area (Å²) < 4.78 is 8.39. The molecule has 8 heteroatoms. The Morgan fingerprint density at radius 3 is 2.69 bits per heavy atom. The van der Waals surface area contributed by atoms with Crippen molar-refractivity contribution in [2.45, 2.75) is 78.9 Å². The number of hydrogen-bond donors (Lipinski definition) is 1. The molecule has 0 saturated heterocycles. The summed E-state index contributed by atoms with van der Waals surface area (Å²) in [4.78, 5) is 26.7. The third kappa shape index (κ3) is 4.91. The number of nitrogens with zero attached hydrogens (tertiary/aromatic N) is 2. The first-order valence-electron chi connectivity index (χ1n) is 10.2. The summed E-state index contributed by atoms with van der Waals surface area (Å²) in [5.74, 6) is -0.443. The lowest BCUT2D eigenvalue weighted by molar-refractivity contribution is -0.116. The second kappa shape index (κ2) is 9.43. The predicted molar refractivity (Wildman–Crippen MR) is 119 cm³/mol. The number of anilines is 1. The number of nitrogens with one attached hydrogen (secondary N) is 1. The molecule has 2 aromatic heterocycles. The lowest BCUT2D eigenvalue weighted by Crippen LogP contribution is -2.19. The van der Waals surface area contributed by atoms with E-state index in [-0.39, 0.29) is 24.4 Å². The van der Waals surface area contributed by atoms with E-state index in [9.17, 15) is 9.59 Å². The fourth-order valence-electron chi connectivity index (χ4n) is 3.48. The zero-order chi connectivity index (χ0) is 21.1. The maximum absolute atomic E-state index is 12.8. The molecule has 3 rings (SSSR count). The molecule has 1 unspecified atom stereocenters. The molecule has 1 atom stereocenters. The molecule has 1 amide bonds. The van der Waals surface area contributed by atoms with Gasteiger partial charge in [0.2, 0.25) is 5.91 Å². The summed E-state index contributed by atoms with van der Waals surface area (Å²) in [6.45, 7) is 8.27. The second-order valence-corrected chi connectivity index (χ2v) is 9.44. The molecule has 6 nitrogen and oxygen atoms in total. The Bertz CT molecular complexity index is 919. The molecule has 0 aromatic carbocycles. The van der Waals surface area contributed by atoms with Gasteiger partial charge in [-0.15, -0.1) is 11.3 Å². The Morgan fingerprint density at radius 1 is 1.31 bits per heavy atom. The standard InChI is InChI=1S/C21H28BrN3O3S/c1-5-12(2)28-21(27)18-15-8-6-7-9-16(15)29-20(18)23-17(26)10-11-25-14(4)19(22)13(3)24-25/h12H,5-11H2,1-4H3,(H,23,26). The molecule has 2 aromatic rings. The van der Waals surface area contributed by atoms with Gasteiger partial charge in [0, 0.05) is 17.0 Å². The van der Waals surface area contributed by atoms with Crippen LogP contribution < -0.4 is 5.32 Å². The molecule has 158 valence electrons. The number of amides is 1. The van der Waals surface area contributed by atoms with E-state index in [2.05, 4.69) is 26.3 Å². The summed E-state index contributed by atoms with van der Waals surface area (Å²) in [5.41, 5.74) is 3.53. The maximum Gasteiger partial charge on any atom is 0.341 e. The first-order valence-corrected chi connectivity index (χ1v) is 11.8. The van der Waals surface area contributed by atoms with Crippen molar-refractivity contribution in [2.75, 3.05) is 5.32 Å². The highest BCUT2D eigenvalue weighted by Crippen LogP contribution is 2.39. The molecule has 0 aliphatic heterocycles. The molecule has 0 spiro atoms. The van der Waals surface area contributed by atoms with Crippen LogP contribution >= 0.6 is 27.3 Å². The van der Waals surface area contributed by atoms with Crippen LogP contribution in [0, 0.1) is 13.8 Å². The van der Waals surface area contributed by atoms with Crippen molar-refractivity contribution in [3.8, 4) is 0 Å². The third-order valence-electron chi connectivity index (χ3n) is 5.36. The van der Waals surface area contributed by atoms with E-state index >= 15 is 0 Å². The van der Waals surface area contributed by atoms with Crippen LogP contribution in [0.3, 0.4) is 0 Å². The summed E-state index contributed by atoms with van der Waals surface area (Å²) in [5, 5.41) is 8.05. The molecule has 0 fully saturated rings. The average molecular weight is 482 g/mol. The van der Waals surface area contributed by atoms with Crippen molar-refractivity contribution in [3.05, 3.63) is 31.9 Å². The van der Waals surface area contributed by atoms with Gasteiger partial charge in [-0.3, -0.25) is 9.48 Å². The first kappa shape index (κ1) is 22.0. The molecular formula is C21H28BrN3O3S. The number of aryl methyl sites for hydroxylation is 3. The number of carbonyl (C=O) groups is 2. The van der Waals surface area contributed by atoms with Crippen LogP contribution in [-0.4, -0.2) is 27.8 Å². The molecule has 0 radical (unpaired) electrons. The second-order valence-electron chi connectivity index (χ2n) is 7.55. The molecule has 1 N–H and O–H groups in total. The molecule has 1 aliphatic carbocycles. The van der Waals surface area contributed by atoms with Gasteiger partial charge in [-0.05, 0) is 74.4 Å². The molecule has 0 bridgehead atoms. The van der Waals surface area contributed by atoms with Crippen LogP contribution in [0.25, 0.3) is 0 Å². The molecule has 0 saturated carbocycles. The quantitative estimate of drug-likeness (QED) is 0.552. The lowest BCUT2D eigenvalue weighted by atomic mass is 9.95. The van der Waals surface area contributed by atoms with Crippen molar-refractivity contribution in [3.63, 3.8) is 0 Å². The normalized spacial score (nSPS) is 14.4. The number of fused-ring (bicyclic) bond motifs is 1. The Morgan fingerprint density at radius 2 is 2.03 bits per heavy atom. The van der Waals surface area contributed by atoms with Crippen molar-refractivity contribution < 1.29 is 14.3 Å². The van der Waals surface area contributed by atoms with E-state index in [0.717, 1.165) is 53.5 Å². The van der Waals surface area contributed by atoms with Crippen LogP contribution in [0.2, 0.25) is 0 Å². The smallest absolute Gasteiger partial charge is 0.341 e. The fraction of sp³-hybridized carbons (Fsp3) is 0.571. The van der Waals surface area contributed by atoms with Crippen molar-refractivity contribution in [1.82, 2.24) is 9.78 Å². The highest BCUT2D eigenvalue weighted by atomic mass is 79.9. The monoisotopic (exact) mass is 481 g/mol. The zero-order valence-corrected chi connectivity index (χ0v) is 19.8. The molecule has 29 heavy (non-hydrogen) atoms. The summed E-state index contributed by atoms with van der Waals surface area (Å²) in [6, 6.07) is 0. The number of halogens is 1. The minimum atomic E-state index is -0.323. The van der Waals surface area contributed by atoms with Crippen molar-refractivity contribution >= 4 is 44.1 Å². The number of thiophene rings is 1. The van der Waals surface area contributed by atoms with Crippen LogP contribution in [-0.2, 0) is 28.9 Å². The predicted octanol–water partition coefficient (Wildman–Crippen LogP) is 5.19. The largest absolute Gasteiger partial charge is 0.459 e. The number of rotatable bonds is 7. The molecule has 2 heterocycles. The zero-order valence-electron chi connectivity index (χ0n) is 17.4. The van der Waals surface area contributed by atoms with E-state index < -0.39 is 0 Å². The first-order chi connectivity index (χ1) is 13.8. The Hall–Kier alpha value is -1.67. The fourth-order valence-corrected chi connectivity index (χ4v) is 5.06. The lowest BCUT2D eigenvalue weighted by Gasteiger charge is -2.15. The highest BCUT2D eigenvalue weighted by molar-refractivity contribution is 9.10. The van der Waals surface area contributed by atoms with Crippen LogP contribution in [0.4, 0.5) is 5.00 Å². The summed E-state index contributed by atoms with van der Waals surface area (Å²) in [7, 11) is 0. The molecular weight excluding hydrogens is 454 g/mol. The Kier molecular flexibility index (Phi) is 7.16. The van der Waals surface area contributed by atoms with E-state index in [4.69, 9.17) is 4.74 Å². The van der Waals surface area contributed by atoms with Gasteiger partial charge in [-0.2, -0.15) is 5.10 Å². The number of hydrogen-bond acceptors (Lipinski definition) is 5. The minimum Gasteiger partial charge on any atom is -0.459 e. The van der Waals surface area contributed by atoms with Gasteiger partial charge in [0.1, 0.15) is 5.00 Å². The maximum atomic E-state index is 12.8. The topological polar surface area (TPSA) is 73.2 Å². The van der Waals surface area contributed by atoms with Gasteiger partial charge in [-0.1, -0.05) is 6.92 Å². The molecule has 1 aliphatic rings. The average Bonchev–Trinajstić information content (AvgIpc) is 3.18. The minimum absolute atomic E-state index is 0.120. The van der Waals surface area contributed by atoms with Crippen LogP contribution in [0.5, 0.6) is 0 Å². The number of aromatic nitrogens is 2. The summed E-state index contributed by atoms with van der Waals surface area (Å²) in [6.07, 6.45) is 4.91. The van der Waals surface area contributed by atoms with Crippen LogP contribution in [0.15, 0.2) is 4.47 Å². The van der Waals surface area contributed by atoms with E-state index in [1.165, 1.54) is 16.2 Å². The third-order valence-corrected chi connectivity index (χ3v) is 7.71. The van der Waals surface area contributed by atoms with E-state index in [1.54, 1.807) is 0 Å². The number of ether oxygens (including phenoxy) is 1. The van der Waals surface area contributed by atoms with Gasteiger partial charge in [0.05, 0.1) is 28.4 Å². The van der Waals surface area contributed by atoms with Gasteiger partial charge in [0.15, 0.2) is 0 Å². The number of carbonyl (C=O) groups excluding carboxylic acids is 2. The van der Waals surface area contributed by atoms with Crippen molar-refractivity contribution in [1.29, 1.82) is 0 Å². The van der Waals surface area contributed by atoms with Gasteiger partial charge in [0.25, 0.3) is 0 Å². The van der Waals surface area contributed by atoms with Gasteiger partial charge >= 0.3 is 5.97 Å². The van der Waals surface area contributed by atoms with Gasteiger partial charge < -0.3 is 10.1 Å². The SMILES string of the molecule is CCC(C)OC(=O)c1c(NC(=O)CCn2nc(C)c(Br)c2C)sc2c1CCCC2. The van der Waals surface area contributed by atoms with Crippen molar-refractivity contribution in [2.24, 2.45) is 0 Å². The van der Waals surface area contributed by atoms with E-state index in [0.29, 0.717) is 17.1 Å². The number of esters is 1. The highest BCUT2D eigenvalue weighted by Gasteiger charge is 2.28.